The molecule has 0 fully saturated rings. The average molecular weight is 398 g/mol. The molecule has 0 aliphatic heterocycles. The van der Waals surface area contributed by atoms with E-state index in [1.54, 1.807) is 12.4 Å². The van der Waals surface area contributed by atoms with E-state index in [-0.39, 0.29) is 22.6 Å². The van der Waals surface area contributed by atoms with Crippen molar-refractivity contribution in [1.82, 2.24) is 19.1 Å². The van der Waals surface area contributed by atoms with Crippen LogP contribution in [-0.4, -0.2) is 53.2 Å². The molecular formula is C16H23N5O3S2. The quantitative estimate of drug-likeness (QED) is 0.719. The summed E-state index contributed by atoms with van der Waals surface area (Å²) in [5.41, 5.74) is 1.26. The molecule has 1 amide bonds. The van der Waals surface area contributed by atoms with Gasteiger partial charge in [0.2, 0.25) is 15.9 Å². The highest BCUT2D eigenvalue weighted by Gasteiger charge is 2.19. The number of aromatic nitrogens is 3. The molecule has 8 nitrogen and oxygen atoms in total. The van der Waals surface area contributed by atoms with Crippen molar-refractivity contribution in [3.05, 3.63) is 30.1 Å². The fourth-order valence-electron chi connectivity index (χ4n) is 2.11. The molecular weight excluding hydrogens is 374 g/mol. The molecule has 0 unspecified atom stereocenters. The number of sulfonamides is 1. The third-order valence-electron chi connectivity index (χ3n) is 3.69. The van der Waals surface area contributed by atoms with Gasteiger partial charge in [-0.1, -0.05) is 17.8 Å². The monoisotopic (exact) mass is 397 g/mol. The zero-order valence-electron chi connectivity index (χ0n) is 15.4. The minimum Gasteiger partial charge on any atom is -0.325 e. The maximum absolute atomic E-state index is 12.3. The molecule has 0 spiro atoms. The molecule has 1 aromatic carbocycles. The number of nitrogens with one attached hydrogen (secondary N) is 1. The molecule has 1 N–H and O–H groups in total. The third-order valence-corrected chi connectivity index (χ3v) is 6.46. The van der Waals surface area contributed by atoms with Crippen LogP contribution in [0.3, 0.4) is 0 Å². The second kappa shape index (κ2) is 8.19. The number of rotatable bonds is 7. The fraction of sp³-hybridized carbons (Fsp3) is 0.438. The molecule has 1 heterocycles. The SMILES string of the molecule is Cc1ccc(S(=O)(=O)N(C)C)cc1NC(=O)CSc1nncn1C(C)C. The molecule has 26 heavy (non-hydrogen) atoms. The Labute approximate surface area is 158 Å². The van der Waals surface area contributed by atoms with Gasteiger partial charge in [-0.3, -0.25) is 4.79 Å². The number of carbonyl (C=O) groups is 1. The van der Waals surface area contributed by atoms with Crippen molar-refractivity contribution in [2.24, 2.45) is 0 Å². The van der Waals surface area contributed by atoms with Crippen LogP contribution in [0.2, 0.25) is 0 Å². The van der Waals surface area contributed by atoms with Gasteiger partial charge in [0.25, 0.3) is 0 Å². The van der Waals surface area contributed by atoms with Crippen molar-refractivity contribution in [3.8, 4) is 0 Å². The fourth-order valence-corrected chi connectivity index (χ4v) is 3.89. The van der Waals surface area contributed by atoms with Crippen LogP contribution >= 0.6 is 11.8 Å². The van der Waals surface area contributed by atoms with Gasteiger partial charge >= 0.3 is 0 Å². The van der Waals surface area contributed by atoms with Gasteiger partial charge in [0.15, 0.2) is 5.16 Å². The molecule has 0 atom stereocenters. The van der Waals surface area contributed by atoms with Gasteiger partial charge in [-0.2, -0.15) is 0 Å². The van der Waals surface area contributed by atoms with Crippen LogP contribution in [0.1, 0.15) is 25.5 Å². The molecule has 1 aromatic heterocycles. The lowest BCUT2D eigenvalue weighted by Gasteiger charge is -2.14. The molecule has 0 radical (unpaired) electrons. The lowest BCUT2D eigenvalue weighted by molar-refractivity contribution is -0.113. The predicted molar refractivity (Wildman–Crippen MR) is 102 cm³/mol. The van der Waals surface area contributed by atoms with Crippen LogP contribution in [-0.2, 0) is 14.8 Å². The molecule has 0 aliphatic carbocycles. The van der Waals surface area contributed by atoms with Crippen LogP contribution in [0.15, 0.2) is 34.6 Å². The van der Waals surface area contributed by atoms with Crippen molar-refractivity contribution >= 4 is 33.4 Å². The normalized spacial score (nSPS) is 12.0. The molecule has 0 bridgehead atoms. The highest BCUT2D eigenvalue weighted by atomic mass is 32.2. The molecule has 142 valence electrons. The Bertz CT molecular complexity index is 891. The van der Waals surface area contributed by atoms with E-state index in [2.05, 4.69) is 15.5 Å². The number of aryl methyl sites for hydroxylation is 1. The minimum atomic E-state index is -3.56. The Morgan fingerprint density at radius 3 is 2.65 bits per heavy atom. The van der Waals surface area contributed by atoms with Crippen molar-refractivity contribution < 1.29 is 13.2 Å². The van der Waals surface area contributed by atoms with Crippen molar-refractivity contribution in [1.29, 1.82) is 0 Å². The number of nitrogens with zero attached hydrogens (tertiary/aromatic N) is 4. The zero-order valence-corrected chi connectivity index (χ0v) is 17.1. The first-order valence-electron chi connectivity index (χ1n) is 7.98. The number of thioether (sulfide) groups is 1. The second-order valence-electron chi connectivity index (χ2n) is 6.22. The molecule has 2 aromatic rings. The summed E-state index contributed by atoms with van der Waals surface area (Å²) in [4.78, 5) is 12.4. The van der Waals surface area contributed by atoms with Gasteiger partial charge in [-0.25, -0.2) is 12.7 Å². The smallest absolute Gasteiger partial charge is 0.242 e. The summed E-state index contributed by atoms with van der Waals surface area (Å²) in [6.45, 7) is 5.82. The highest BCUT2D eigenvalue weighted by molar-refractivity contribution is 7.99. The standard InChI is InChI=1S/C16H23N5O3S2/c1-11(2)21-10-17-19-16(21)25-9-15(22)18-14-8-13(7-6-12(14)3)26(23,24)20(4)5/h6-8,10-11H,9H2,1-5H3,(H,18,22). The van der Waals surface area contributed by atoms with Crippen LogP contribution < -0.4 is 5.32 Å². The first kappa shape index (κ1) is 20.4. The Hall–Kier alpha value is -1.91. The highest BCUT2D eigenvalue weighted by Crippen LogP contribution is 2.23. The van der Waals surface area contributed by atoms with Crippen LogP contribution in [0.25, 0.3) is 0 Å². The van der Waals surface area contributed by atoms with Crippen molar-refractivity contribution in [3.63, 3.8) is 0 Å². The molecule has 0 aliphatic rings. The van der Waals surface area contributed by atoms with Gasteiger partial charge in [-0.15, -0.1) is 10.2 Å². The van der Waals surface area contributed by atoms with E-state index >= 15 is 0 Å². The lowest BCUT2D eigenvalue weighted by Crippen LogP contribution is -2.22. The van der Waals surface area contributed by atoms with Gasteiger partial charge in [0.05, 0.1) is 10.6 Å². The largest absolute Gasteiger partial charge is 0.325 e. The number of anilines is 1. The van der Waals surface area contributed by atoms with Crippen molar-refractivity contribution in [2.75, 3.05) is 25.2 Å². The zero-order chi connectivity index (χ0) is 19.5. The first-order valence-corrected chi connectivity index (χ1v) is 10.4. The first-order chi connectivity index (χ1) is 12.1. The average Bonchev–Trinajstić information content (AvgIpc) is 3.03. The Morgan fingerprint density at radius 2 is 2.04 bits per heavy atom. The van der Waals surface area contributed by atoms with Gasteiger partial charge < -0.3 is 9.88 Å². The summed E-state index contributed by atoms with van der Waals surface area (Å²) in [7, 11) is -0.625. The second-order valence-corrected chi connectivity index (χ2v) is 9.31. The van der Waals surface area contributed by atoms with E-state index in [0.717, 1.165) is 9.87 Å². The molecule has 0 saturated heterocycles. The number of benzene rings is 1. The summed E-state index contributed by atoms with van der Waals surface area (Å²) in [6, 6.07) is 4.88. The van der Waals surface area contributed by atoms with Gasteiger partial charge in [0, 0.05) is 25.8 Å². The maximum atomic E-state index is 12.3. The Morgan fingerprint density at radius 1 is 1.35 bits per heavy atom. The van der Waals surface area contributed by atoms with E-state index in [9.17, 15) is 13.2 Å². The van der Waals surface area contributed by atoms with E-state index < -0.39 is 10.0 Å². The van der Waals surface area contributed by atoms with Crippen LogP contribution in [0, 0.1) is 6.92 Å². The summed E-state index contributed by atoms with van der Waals surface area (Å²) in [5.74, 6) is -0.0917. The number of carbonyl (C=O) groups excluding carboxylic acids is 1. The number of amides is 1. The summed E-state index contributed by atoms with van der Waals surface area (Å²) >= 11 is 1.28. The Balaban J connectivity index is 2.10. The van der Waals surface area contributed by atoms with E-state index in [0.29, 0.717) is 10.8 Å². The molecule has 10 heteroatoms. The third kappa shape index (κ3) is 4.63. The van der Waals surface area contributed by atoms with Gasteiger partial charge in [-0.05, 0) is 38.5 Å². The van der Waals surface area contributed by atoms with Crippen LogP contribution in [0.4, 0.5) is 5.69 Å². The van der Waals surface area contributed by atoms with E-state index in [1.165, 1.54) is 38.0 Å². The summed E-state index contributed by atoms with van der Waals surface area (Å²) in [5, 5.41) is 11.3. The lowest BCUT2D eigenvalue weighted by atomic mass is 10.2. The topological polar surface area (TPSA) is 97.2 Å². The summed E-state index contributed by atoms with van der Waals surface area (Å²) < 4.78 is 27.5. The maximum Gasteiger partial charge on any atom is 0.242 e. The van der Waals surface area contributed by atoms with Crippen molar-refractivity contribution in [2.45, 2.75) is 36.9 Å². The van der Waals surface area contributed by atoms with Gasteiger partial charge in [0.1, 0.15) is 6.33 Å². The predicted octanol–water partition coefficient (Wildman–Crippen LogP) is 2.15. The van der Waals surface area contributed by atoms with E-state index in [1.807, 2.05) is 25.3 Å². The van der Waals surface area contributed by atoms with E-state index in [4.69, 9.17) is 0 Å². The number of hydrogen-bond acceptors (Lipinski definition) is 6. The summed E-state index contributed by atoms with van der Waals surface area (Å²) in [6.07, 6.45) is 1.63. The number of hydrogen-bond donors (Lipinski definition) is 1. The molecule has 0 saturated carbocycles. The van der Waals surface area contributed by atoms with Crippen LogP contribution in [0.5, 0.6) is 0 Å². The molecule has 2 rings (SSSR count). The Kier molecular flexibility index (Phi) is 6.43. The minimum absolute atomic E-state index is 0.135.